The van der Waals surface area contributed by atoms with Crippen LogP contribution in [-0.2, 0) is 21.0 Å². The molecule has 1 aromatic carbocycles. The number of nitriles is 1. The highest BCUT2D eigenvalue weighted by atomic mass is 16.6. The van der Waals surface area contributed by atoms with E-state index in [0.717, 1.165) is 5.56 Å². The van der Waals surface area contributed by atoms with Crippen molar-refractivity contribution in [3.63, 3.8) is 0 Å². The Bertz CT molecular complexity index is 534. The number of hydrogen-bond donors (Lipinski definition) is 2. The molecule has 0 atom stereocenters. The minimum absolute atomic E-state index is 0.240. The van der Waals surface area contributed by atoms with Crippen LogP contribution in [0.25, 0.3) is 0 Å². The maximum Gasteiger partial charge on any atom is 0.284 e. The molecular weight excluding hydrogens is 260 g/mol. The van der Waals surface area contributed by atoms with Crippen molar-refractivity contribution in [2.45, 2.75) is 6.54 Å². The van der Waals surface area contributed by atoms with Gasteiger partial charge in [-0.25, -0.2) is 0 Å². The van der Waals surface area contributed by atoms with E-state index in [1.807, 2.05) is 30.3 Å². The average molecular weight is 274 g/mol. The van der Waals surface area contributed by atoms with E-state index in [4.69, 9.17) is 5.26 Å². The van der Waals surface area contributed by atoms with Crippen molar-refractivity contribution in [1.29, 1.82) is 5.26 Å². The molecule has 0 heterocycles. The Morgan fingerprint density at radius 1 is 1.30 bits per heavy atom. The van der Waals surface area contributed by atoms with Gasteiger partial charge in [-0.1, -0.05) is 35.5 Å². The highest BCUT2D eigenvalue weighted by molar-refractivity contribution is 6.45. The molecule has 0 saturated carbocycles. The van der Waals surface area contributed by atoms with Crippen LogP contribution in [0, 0.1) is 11.3 Å². The zero-order chi connectivity index (χ0) is 14.8. The van der Waals surface area contributed by atoms with Crippen LogP contribution in [0.5, 0.6) is 0 Å². The van der Waals surface area contributed by atoms with Crippen LogP contribution in [-0.4, -0.2) is 31.2 Å². The Balaban J connectivity index is 2.35. The van der Waals surface area contributed by atoms with Gasteiger partial charge < -0.3 is 15.5 Å². The molecule has 0 fully saturated rings. The molecule has 0 aliphatic rings. The minimum atomic E-state index is -0.760. The lowest BCUT2D eigenvalue weighted by molar-refractivity contribution is -0.123. The third kappa shape index (κ3) is 5.18. The standard InChI is InChI=1S/C13H14N4O3/c1-20-17-11(7-14)13(19)16-9-12(18)15-8-10-5-3-2-4-6-10/h2-6H,8-9H2,1H3,(H,15,18)(H,16,19). The van der Waals surface area contributed by atoms with Crippen molar-refractivity contribution < 1.29 is 14.4 Å². The number of rotatable bonds is 6. The van der Waals surface area contributed by atoms with Crippen molar-refractivity contribution in [2.75, 3.05) is 13.7 Å². The van der Waals surface area contributed by atoms with Gasteiger partial charge in [0.05, 0.1) is 6.54 Å². The zero-order valence-corrected chi connectivity index (χ0v) is 10.9. The van der Waals surface area contributed by atoms with Gasteiger partial charge in [0, 0.05) is 6.54 Å². The number of oxime groups is 1. The van der Waals surface area contributed by atoms with Crippen molar-refractivity contribution >= 4 is 17.5 Å². The number of hydrogen-bond acceptors (Lipinski definition) is 5. The largest absolute Gasteiger partial charge is 0.398 e. The third-order valence-corrected chi connectivity index (χ3v) is 2.25. The Labute approximate surface area is 116 Å². The Morgan fingerprint density at radius 3 is 2.60 bits per heavy atom. The lowest BCUT2D eigenvalue weighted by atomic mass is 10.2. The fourth-order valence-electron chi connectivity index (χ4n) is 1.31. The van der Waals surface area contributed by atoms with Gasteiger partial charge in [0.1, 0.15) is 13.2 Å². The number of benzene rings is 1. The molecule has 1 rings (SSSR count). The van der Waals surface area contributed by atoms with E-state index < -0.39 is 11.6 Å². The van der Waals surface area contributed by atoms with Gasteiger partial charge in [0.2, 0.25) is 11.6 Å². The van der Waals surface area contributed by atoms with E-state index in [0.29, 0.717) is 6.54 Å². The molecule has 0 saturated heterocycles. The first-order valence-corrected chi connectivity index (χ1v) is 5.77. The molecule has 7 nitrogen and oxygen atoms in total. The van der Waals surface area contributed by atoms with Crippen LogP contribution in [0.1, 0.15) is 5.56 Å². The van der Waals surface area contributed by atoms with Crippen molar-refractivity contribution in [1.82, 2.24) is 10.6 Å². The molecule has 0 radical (unpaired) electrons. The summed E-state index contributed by atoms with van der Waals surface area (Å²) in [7, 11) is 1.22. The van der Waals surface area contributed by atoms with Crippen LogP contribution in [0.4, 0.5) is 0 Å². The van der Waals surface area contributed by atoms with Crippen molar-refractivity contribution in [3.8, 4) is 6.07 Å². The molecule has 2 amide bonds. The summed E-state index contributed by atoms with van der Waals surface area (Å²) in [5.41, 5.74) is 0.509. The highest BCUT2D eigenvalue weighted by Crippen LogP contribution is 1.96. The monoisotopic (exact) mass is 274 g/mol. The predicted octanol–water partition coefficient (Wildman–Crippen LogP) is -0.0550. The van der Waals surface area contributed by atoms with E-state index >= 15 is 0 Å². The van der Waals surface area contributed by atoms with Gasteiger partial charge in [0.15, 0.2) is 0 Å². The molecule has 0 aromatic heterocycles. The SMILES string of the molecule is CON=C(C#N)C(=O)NCC(=O)NCc1ccccc1. The van der Waals surface area contributed by atoms with Crippen LogP contribution in [0.15, 0.2) is 35.5 Å². The zero-order valence-electron chi connectivity index (χ0n) is 10.9. The van der Waals surface area contributed by atoms with Crippen LogP contribution >= 0.6 is 0 Å². The molecule has 2 N–H and O–H groups in total. The Kier molecular flexibility index (Phi) is 6.27. The summed E-state index contributed by atoms with van der Waals surface area (Å²) in [4.78, 5) is 27.3. The highest BCUT2D eigenvalue weighted by Gasteiger charge is 2.12. The molecule has 0 spiro atoms. The van der Waals surface area contributed by atoms with E-state index in [9.17, 15) is 9.59 Å². The molecular formula is C13H14N4O3. The molecule has 0 aliphatic carbocycles. The first-order valence-electron chi connectivity index (χ1n) is 5.77. The topological polar surface area (TPSA) is 104 Å². The summed E-state index contributed by atoms with van der Waals surface area (Å²) in [5, 5.41) is 16.8. The predicted molar refractivity (Wildman–Crippen MR) is 71.4 cm³/mol. The minimum Gasteiger partial charge on any atom is -0.398 e. The van der Waals surface area contributed by atoms with Gasteiger partial charge in [-0.3, -0.25) is 9.59 Å². The van der Waals surface area contributed by atoms with Crippen molar-refractivity contribution in [2.24, 2.45) is 5.16 Å². The van der Waals surface area contributed by atoms with E-state index in [2.05, 4.69) is 20.6 Å². The van der Waals surface area contributed by atoms with Gasteiger partial charge in [-0.05, 0) is 5.56 Å². The Morgan fingerprint density at radius 2 is 2.00 bits per heavy atom. The molecule has 0 bridgehead atoms. The maximum absolute atomic E-state index is 11.5. The van der Waals surface area contributed by atoms with Crippen LogP contribution in [0.2, 0.25) is 0 Å². The summed E-state index contributed by atoms with van der Waals surface area (Å²) >= 11 is 0. The summed E-state index contributed by atoms with van der Waals surface area (Å²) in [5.74, 6) is -1.12. The third-order valence-electron chi connectivity index (χ3n) is 2.25. The lowest BCUT2D eigenvalue weighted by Crippen LogP contribution is -2.39. The lowest BCUT2D eigenvalue weighted by Gasteiger charge is -2.06. The average Bonchev–Trinajstić information content (AvgIpc) is 2.49. The maximum atomic E-state index is 11.5. The first kappa shape index (κ1) is 15.2. The van der Waals surface area contributed by atoms with E-state index in [-0.39, 0.29) is 12.5 Å². The Hall–Kier alpha value is -2.88. The summed E-state index contributed by atoms with van der Waals surface area (Å²) < 4.78 is 0. The van der Waals surface area contributed by atoms with E-state index in [1.54, 1.807) is 6.07 Å². The second-order valence-corrected chi connectivity index (χ2v) is 3.68. The number of amides is 2. The summed E-state index contributed by atoms with van der Waals surface area (Å²) in [6, 6.07) is 10.9. The number of nitrogens with zero attached hydrogens (tertiary/aromatic N) is 2. The summed E-state index contributed by atoms with van der Waals surface area (Å²) in [6.45, 7) is 0.128. The van der Waals surface area contributed by atoms with Gasteiger partial charge in [-0.2, -0.15) is 5.26 Å². The number of carbonyl (C=O) groups is 2. The molecule has 1 aromatic rings. The fourth-order valence-corrected chi connectivity index (χ4v) is 1.31. The number of nitrogens with one attached hydrogen (secondary N) is 2. The molecule has 20 heavy (non-hydrogen) atoms. The quantitative estimate of drug-likeness (QED) is 0.560. The van der Waals surface area contributed by atoms with Crippen LogP contribution in [0.3, 0.4) is 0 Å². The van der Waals surface area contributed by atoms with Crippen molar-refractivity contribution in [3.05, 3.63) is 35.9 Å². The molecule has 0 aliphatic heterocycles. The number of carbonyl (C=O) groups excluding carboxylic acids is 2. The summed E-state index contributed by atoms with van der Waals surface area (Å²) in [6.07, 6.45) is 0. The fraction of sp³-hybridized carbons (Fsp3) is 0.231. The van der Waals surface area contributed by atoms with Gasteiger partial charge in [0.25, 0.3) is 5.91 Å². The van der Waals surface area contributed by atoms with Gasteiger partial charge >= 0.3 is 0 Å². The van der Waals surface area contributed by atoms with Crippen LogP contribution < -0.4 is 10.6 Å². The molecule has 7 heteroatoms. The normalized spacial score (nSPS) is 10.3. The van der Waals surface area contributed by atoms with E-state index in [1.165, 1.54) is 7.11 Å². The smallest absolute Gasteiger partial charge is 0.284 e. The molecule has 104 valence electrons. The van der Waals surface area contributed by atoms with Gasteiger partial charge in [-0.15, -0.1) is 0 Å². The second-order valence-electron chi connectivity index (χ2n) is 3.68. The second kappa shape index (κ2) is 8.26. The molecule has 0 unspecified atom stereocenters. The first-order chi connectivity index (χ1) is 9.67.